The van der Waals surface area contributed by atoms with Crippen molar-refractivity contribution < 1.29 is 19.4 Å². The Labute approximate surface area is 118 Å². The maximum atomic E-state index is 12.4. The van der Waals surface area contributed by atoms with Crippen LogP contribution in [0.15, 0.2) is 0 Å². The molecule has 0 aromatic carbocycles. The summed E-state index contributed by atoms with van der Waals surface area (Å²) in [6.07, 6.45) is 4.80. The molecular formula is C14H22N2O4. The summed E-state index contributed by atoms with van der Waals surface area (Å²) in [5, 5.41) is 12.0. The fourth-order valence-corrected chi connectivity index (χ4v) is 3.96. The number of carboxylic acids is 1. The minimum Gasteiger partial charge on any atom is -0.481 e. The van der Waals surface area contributed by atoms with Gasteiger partial charge in [-0.3, -0.25) is 4.79 Å². The summed E-state index contributed by atoms with van der Waals surface area (Å²) in [5.74, 6) is 0.519. The van der Waals surface area contributed by atoms with Crippen molar-refractivity contribution in [3.8, 4) is 0 Å². The van der Waals surface area contributed by atoms with Gasteiger partial charge in [0.05, 0.1) is 25.7 Å². The maximum Gasteiger partial charge on any atom is 0.318 e. The van der Waals surface area contributed by atoms with Crippen molar-refractivity contribution >= 4 is 12.0 Å². The van der Waals surface area contributed by atoms with Gasteiger partial charge in [0.25, 0.3) is 0 Å². The van der Waals surface area contributed by atoms with E-state index in [9.17, 15) is 9.59 Å². The van der Waals surface area contributed by atoms with Gasteiger partial charge < -0.3 is 20.1 Å². The summed E-state index contributed by atoms with van der Waals surface area (Å²) in [6.45, 7) is 1.28. The quantitative estimate of drug-likeness (QED) is 0.811. The molecule has 0 aromatic rings. The van der Waals surface area contributed by atoms with Crippen LogP contribution in [0.3, 0.4) is 0 Å². The molecule has 6 nitrogen and oxygen atoms in total. The normalized spacial score (nSPS) is 36.1. The lowest BCUT2D eigenvalue weighted by atomic mass is 9.95. The predicted octanol–water partition coefficient (Wildman–Crippen LogP) is 1.06. The number of carboxylic acid groups (broad SMARTS) is 1. The molecule has 3 fully saturated rings. The summed E-state index contributed by atoms with van der Waals surface area (Å²) in [4.78, 5) is 24.9. The summed E-state index contributed by atoms with van der Waals surface area (Å²) >= 11 is 0. The lowest BCUT2D eigenvalue weighted by Crippen LogP contribution is -2.55. The zero-order valence-electron chi connectivity index (χ0n) is 11.6. The van der Waals surface area contributed by atoms with Crippen LogP contribution in [0, 0.1) is 11.8 Å². The Hall–Kier alpha value is -1.30. The van der Waals surface area contributed by atoms with Gasteiger partial charge in [-0.05, 0) is 31.1 Å². The van der Waals surface area contributed by atoms with Crippen LogP contribution in [0.1, 0.15) is 32.1 Å². The molecule has 1 saturated heterocycles. The zero-order chi connectivity index (χ0) is 14.1. The molecule has 6 heteroatoms. The van der Waals surface area contributed by atoms with Crippen LogP contribution in [0.2, 0.25) is 0 Å². The number of amides is 2. The van der Waals surface area contributed by atoms with E-state index in [2.05, 4.69) is 5.32 Å². The van der Waals surface area contributed by atoms with Crippen molar-refractivity contribution in [1.29, 1.82) is 0 Å². The molecule has 2 saturated carbocycles. The number of aliphatic carboxylic acids is 1. The third kappa shape index (κ3) is 2.75. The van der Waals surface area contributed by atoms with Crippen LogP contribution in [0.25, 0.3) is 0 Å². The number of nitrogens with zero attached hydrogens (tertiary/aromatic N) is 1. The Morgan fingerprint density at radius 1 is 1.30 bits per heavy atom. The Bertz CT molecular complexity index is 401. The number of fused-ring (bicyclic) bond motifs is 2. The van der Waals surface area contributed by atoms with Gasteiger partial charge in [-0.2, -0.15) is 0 Å². The smallest absolute Gasteiger partial charge is 0.318 e. The van der Waals surface area contributed by atoms with E-state index in [1.54, 1.807) is 4.90 Å². The van der Waals surface area contributed by atoms with Crippen molar-refractivity contribution in [2.45, 2.75) is 44.2 Å². The van der Waals surface area contributed by atoms with Crippen LogP contribution in [-0.2, 0) is 9.53 Å². The zero-order valence-corrected chi connectivity index (χ0v) is 11.6. The molecule has 20 heavy (non-hydrogen) atoms. The second kappa shape index (κ2) is 5.60. The van der Waals surface area contributed by atoms with Gasteiger partial charge in [-0.1, -0.05) is 6.42 Å². The maximum absolute atomic E-state index is 12.4. The van der Waals surface area contributed by atoms with Gasteiger partial charge in [0.2, 0.25) is 0 Å². The predicted molar refractivity (Wildman–Crippen MR) is 71.3 cm³/mol. The van der Waals surface area contributed by atoms with E-state index in [0.717, 1.165) is 12.3 Å². The van der Waals surface area contributed by atoms with Gasteiger partial charge in [0, 0.05) is 12.6 Å². The summed E-state index contributed by atoms with van der Waals surface area (Å²) < 4.78 is 5.30. The first-order valence-corrected chi connectivity index (χ1v) is 7.50. The van der Waals surface area contributed by atoms with Gasteiger partial charge in [0.1, 0.15) is 0 Å². The van der Waals surface area contributed by atoms with Crippen LogP contribution in [0.5, 0.6) is 0 Å². The molecule has 1 heterocycles. The molecule has 1 aliphatic heterocycles. The van der Waals surface area contributed by atoms with Gasteiger partial charge >= 0.3 is 12.0 Å². The van der Waals surface area contributed by atoms with Crippen molar-refractivity contribution in [3.05, 3.63) is 0 Å². The number of hydrogen-bond acceptors (Lipinski definition) is 3. The van der Waals surface area contributed by atoms with E-state index in [4.69, 9.17) is 9.84 Å². The van der Waals surface area contributed by atoms with E-state index in [1.807, 2.05) is 0 Å². The van der Waals surface area contributed by atoms with Crippen molar-refractivity contribution in [3.63, 3.8) is 0 Å². The first-order chi connectivity index (χ1) is 9.63. The molecule has 2 N–H and O–H groups in total. The highest BCUT2D eigenvalue weighted by Gasteiger charge is 2.41. The number of carbonyl (C=O) groups excluding carboxylic acids is 1. The number of carbonyl (C=O) groups is 2. The summed E-state index contributed by atoms with van der Waals surface area (Å²) in [7, 11) is 0. The Balaban J connectivity index is 1.58. The minimum atomic E-state index is -0.891. The van der Waals surface area contributed by atoms with Crippen LogP contribution < -0.4 is 5.32 Å². The van der Waals surface area contributed by atoms with Crippen molar-refractivity contribution in [2.75, 3.05) is 19.8 Å². The van der Waals surface area contributed by atoms with Gasteiger partial charge in [0.15, 0.2) is 0 Å². The number of rotatable bonds is 3. The molecule has 3 rings (SSSR count). The average Bonchev–Trinajstić information content (AvgIpc) is 3.00. The third-order valence-electron chi connectivity index (χ3n) is 4.95. The molecular weight excluding hydrogens is 260 g/mol. The first-order valence-electron chi connectivity index (χ1n) is 7.50. The molecule has 0 radical (unpaired) electrons. The minimum absolute atomic E-state index is 0.0514. The fourth-order valence-electron chi connectivity index (χ4n) is 3.96. The van der Waals surface area contributed by atoms with E-state index in [-0.39, 0.29) is 24.5 Å². The van der Waals surface area contributed by atoms with Crippen molar-refractivity contribution in [2.24, 2.45) is 11.8 Å². The Kier molecular flexibility index (Phi) is 3.83. The molecule has 0 aromatic heterocycles. The number of urea groups is 1. The van der Waals surface area contributed by atoms with Crippen LogP contribution >= 0.6 is 0 Å². The first kappa shape index (κ1) is 13.7. The molecule has 2 bridgehead atoms. The fraction of sp³-hybridized carbons (Fsp3) is 0.857. The lowest BCUT2D eigenvalue weighted by Gasteiger charge is -2.36. The average molecular weight is 282 g/mol. The molecule has 2 aliphatic carbocycles. The number of hydrogen-bond donors (Lipinski definition) is 2. The topological polar surface area (TPSA) is 78.9 Å². The summed E-state index contributed by atoms with van der Waals surface area (Å²) in [5.41, 5.74) is 0. The van der Waals surface area contributed by atoms with E-state index in [1.165, 1.54) is 19.3 Å². The van der Waals surface area contributed by atoms with E-state index < -0.39 is 5.97 Å². The molecule has 0 spiro atoms. The highest BCUT2D eigenvalue weighted by atomic mass is 16.5. The van der Waals surface area contributed by atoms with Crippen molar-refractivity contribution in [1.82, 2.24) is 10.2 Å². The molecule has 3 aliphatic rings. The second-order valence-electron chi connectivity index (χ2n) is 6.25. The van der Waals surface area contributed by atoms with Gasteiger partial charge in [-0.15, -0.1) is 0 Å². The van der Waals surface area contributed by atoms with Gasteiger partial charge in [-0.25, -0.2) is 4.79 Å². The monoisotopic (exact) mass is 282 g/mol. The highest BCUT2D eigenvalue weighted by molar-refractivity contribution is 5.76. The molecule has 4 unspecified atom stereocenters. The number of nitrogens with one attached hydrogen (secondary N) is 1. The molecule has 4 atom stereocenters. The van der Waals surface area contributed by atoms with Crippen LogP contribution in [-0.4, -0.2) is 53.8 Å². The number of morpholine rings is 1. The molecule has 112 valence electrons. The second-order valence-corrected chi connectivity index (χ2v) is 6.25. The standard InChI is InChI=1S/C14H22N2O4/c17-13(18)7-11-8-20-4-3-16(11)14(19)15-12-6-9-1-2-10(12)5-9/h9-12H,1-8H2,(H,15,19)(H,17,18). The highest BCUT2D eigenvalue weighted by Crippen LogP contribution is 2.44. The van der Waals surface area contributed by atoms with E-state index >= 15 is 0 Å². The SMILES string of the molecule is O=C(O)CC1COCCN1C(=O)NC1CC2CCC1C2. The Morgan fingerprint density at radius 2 is 2.15 bits per heavy atom. The third-order valence-corrected chi connectivity index (χ3v) is 4.95. The Morgan fingerprint density at radius 3 is 2.80 bits per heavy atom. The lowest BCUT2D eigenvalue weighted by molar-refractivity contribution is -0.139. The van der Waals surface area contributed by atoms with Crippen LogP contribution in [0.4, 0.5) is 4.79 Å². The number of ether oxygens (including phenoxy) is 1. The largest absolute Gasteiger partial charge is 0.481 e. The summed E-state index contributed by atoms with van der Waals surface area (Å²) in [6, 6.07) is -0.175. The van der Waals surface area contributed by atoms with E-state index in [0.29, 0.717) is 25.7 Å². The molecule has 2 amide bonds.